The van der Waals surface area contributed by atoms with Gasteiger partial charge in [-0.05, 0) is 29.8 Å². The second-order valence-corrected chi connectivity index (χ2v) is 8.59. The molecule has 10 heteroatoms. The maximum atomic E-state index is 13.0. The smallest absolute Gasteiger partial charge is 0.416 e. The fourth-order valence-corrected chi connectivity index (χ4v) is 4.77. The number of furan rings is 1. The third kappa shape index (κ3) is 4.03. The van der Waals surface area contributed by atoms with Crippen LogP contribution in [0.25, 0.3) is 0 Å². The van der Waals surface area contributed by atoms with Gasteiger partial charge in [0.2, 0.25) is 10.0 Å². The Hall–Kier alpha value is -1.88. The highest BCUT2D eigenvalue weighted by Gasteiger charge is 2.45. The number of halogens is 3. The van der Waals surface area contributed by atoms with E-state index in [1.807, 2.05) is 0 Å². The highest BCUT2D eigenvalue weighted by molar-refractivity contribution is 7.89. The summed E-state index contributed by atoms with van der Waals surface area (Å²) in [5, 5.41) is 0.240. The molecule has 0 amide bonds. The molecule has 1 fully saturated rings. The first-order chi connectivity index (χ1) is 12.6. The molecule has 0 aliphatic carbocycles. The number of alkyl halides is 3. The van der Waals surface area contributed by atoms with E-state index in [4.69, 9.17) is 9.25 Å². The molecule has 27 heavy (non-hydrogen) atoms. The predicted molar refractivity (Wildman–Crippen MR) is 90.8 cm³/mol. The van der Waals surface area contributed by atoms with E-state index in [1.165, 1.54) is 37.6 Å². The van der Waals surface area contributed by atoms with Gasteiger partial charge in [0.05, 0.1) is 31.0 Å². The van der Waals surface area contributed by atoms with Gasteiger partial charge in [-0.3, -0.25) is 4.84 Å². The third-order valence-electron chi connectivity index (χ3n) is 4.52. The number of rotatable bonds is 5. The van der Waals surface area contributed by atoms with Gasteiger partial charge in [-0.2, -0.15) is 22.5 Å². The average Bonchev–Trinajstić information content (AvgIpc) is 3.24. The lowest BCUT2D eigenvalue weighted by atomic mass is 10.0. The summed E-state index contributed by atoms with van der Waals surface area (Å²) in [4.78, 5) is 5.35. The van der Waals surface area contributed by atoms with Crippen LogP contribution in [0.3, 0.4) is 0 Å². The Balaban J connectivity index is 1.91. The van der Waals surface area contributed by atoms with Crippen molar-refractivity contribution in [3.8, 4) is 0 Å². The van der Waals surface area contributed by atoms with Gasteiger partial charge in [-0.1, -0.05) is 12.1 Å². The van der Waals surface area contributed by atoms with Crippen molar-refractivity contribution in [3.63, 3.8) is 0 Å². The van der Waals surface area contributed by atoms with Crippen molar-refractivity contribution in [3.05, 3.63) is 59.5 Å². The van der Waals surface area contributed by atoms with E-state index < -0.39 is 33.1 Å². The van der Waals surface area contributed by atoms with Crippen molar-refractivity contribution >= 4 is 10.0 Å². The van der Waals surface area contributed by atoms with Gasteiger partial charge in [0.15, 0.2) is 0 Å². The largest absolute Gasteiger partial charge is 0.468 e. The third-order valence-corrected chi connectivity index (χ3v) is 6.67. The van der Waals surface area contributed by atoms with Crippen molar-refractivity contribution in [2.75, 3.05) is 20.7 Å². The van der Waals surface area contributed by atoms with Gasteiger partial charge in [-0.15, -0.1) is 0 Å². The molecule has 148 valence electrons. The van der Waals surface area contributed by atoms with E-state index in [-0.39, 0.29) is 18.7 Å². The molecule has 0 N–H and O–H groups in total. The minimum Gasteiger partial charge on any atom is -0.468 e. The minimum absolute atomic E-state index is 0.0187. The monoisotopic (exact) mass is 404 g/mol. The second kappa shape index (κ2) is 7.27. The van der Waals surface area contributed by atoms with E-state index in [2.05, 4.69) is 0 Å². The first-order valence-corrected chi connectivity index (χ1v) is 9.61. The summed E-state index contributed by atoms with van der Waals surface area (Å²) in [6.07, 6.45) is -3.08. The number of hydrogen-bond donors (Lipinski definition) is 0. The van der Waals surface area contributed by atoms with E-state index in [1.54, 1.807) is 12.1 Å². The Morgan fingerprint density at radius 3 is 2.63 bits per heavy atom. The van der Waals surface area contributed by atoms with Crippen LogP contribution in [0, 0.1) is 0 Å². The van der Waals surface area contributed by atoms with Crippen LogP contribution in [0.2, 0.25) is 0 Å². The Morgan fingerprint density at radius 1 is 1.26 bits per heavy atom. The average molecular weight is 404 g/mol. The molecule has 1 aromatic carbocycles. The van der Waals surface area contributed by atoms with Crippen LogP contribution in [0.15, 0.2) is 47.1 Å². The first kappa shape index (κ1) is 19.9. The predicted octanol–water partition coefficient (Wildman–Crippen LogP) is 3.05. The van der Waals surface area contributed by atoms with Crippen molar-refractivity contribution < 1.29 is 30.8 Å². The summed E-state index contributed by atoms with van der Waals surface area (Å²) in [6, 6.07) is 7.08. The van der Waals surface area contributed by atoms with Gasteiger partial charge >= 0.3 is 6.18 Å². The molecule has 1 aliphatic heterocycles. The zero-order valence-corrected chi connectivity index (χ0v) is 15.5. The number of sulfonamides is 1. The summed E-state index contributed by atoms with van der Waals surface area (Å²) in [5.74, 6) is 0.462. The van der Waals surface area contributed by atoms with Crippen LogP contribution >= 0.6 is 0 Å². The Kier molecular flexibility index (Phi) is 5.35. The topological polar surface area (TPSA) is 63.0 Å². The molecule has 0 radical (unpaired) electrons. The highest BCUT2D eigenvalue weighted by Crippen LogP contribution is 2.37. The van der Waals surface area contributed by atoms with E-state index in [0.29, 0.717) is 5.76 Å². The molecule has 0 saturated carbocycles. The maximum absolute atomic E-state index is 13.0. The SMILES string of the molecule is CN1OCC(S(=O)(=O)N(C)Cc2ccco2)C1c1cccc(C(F)(F)F)c1. The summed E-state index contributed by atoms with van der Waals surface area (Å²) in [5.41, 5.74) is -0.606. The molecule has 0 spiro atoms. The van der Waals surface area contributed by atoms with E-state index in [0.717, 1.165) is 16.4 Å². The summed E-state index contributed by atoms with van der Waals surface area (Å²) < 4.78 is 71.5. The van der Waals surface area contributed by atoms with Gasteiger partial charge in [0.1, 0.15) is 11.0 Å². The minimum atomic E-state index is -4.52. The van der Waals surface area contributed by atoms with E-state index >= 15 is 0 Å². The fourth-order valence-electron chi connectivity index (χ4n) is 3.11. The maximum Gasteiger partial charge on any atom is 0.416 e. The van der Waals surface area contributed by atoms with Gasteiger partial charge in [0.25, 0.3) is 0 Å². The van der Waals surface area contributed by atoms with Crippen molar-refractivity contribution in [1.82, 2.24) is 9.37 Å². The fraction of sp³-hybridized carbons (Fsp3) is 0.412. The lowest BCUT2D eigenvalue weighted by Crippen LogP contribution is -2.40. The Labute approximate surface area is 155 Å². The molecule has 1 aliphatic rings. The van der Waals surface area contributed by atoms with E-state index in [9.17, 15) is 21.6 Å². The van der Waals surface area contributed by atoms with Gasteiger partial charge < -0.3 is 4.42 Å². The second-order valence-electron chi connectivity index (χ2n) is 6.33. The first-order valence-electron chi connectivity index (χ1n) is 8.11. The van der Waals surface area contributed by atoms with Crippen LogP contribution in [-0.4, -0.2) is 43.7 Å². The molecule has 2 atom stereocenters. The quantitative estimate of drug-likeness (QED) is 0.767. The number of hydrogen-bond acceptors (Lipinski definition) is 5. The molecule has 1 aromatic heterocycles. The Bertz CT molecular complexity index is 884. The number of nitrogens with zero attached hydrogens (tertiary/aromatic N) is 2. The van der Waals surface area contributed by atoms with Crippen molar-refractivity contribution in [1.29, 1.82) is 0 Å². The summed E-state index contributed by atoms with van der Waals surface area (Å²) in [7, 11) is -0.959. The van der Waals surface area contributed by atoms with Crippen LogP contribution < -0.4 is 0 Å². The number of hydroxylamine groups is 2. The standard InChI is InChI=1S/C17H19F3N2O4S/c1-21(10-14-7-4-8-25-14)27(23,24)15-11-26-22(2)16(15)12-5-3-6-13(9-12)17(18,19)20/h3-9,15-16H,10-11H2,1-2H3. The molecule has 3 rings (SSSR count). The lowest BCUT2D eigenvalue weighted by molar-refractivity contribution is -0.138. The zero-order valence-electron chi connectivity index (χ0n) is 14.7. The molecule has 2 unspecified atom stereocenters. The molecule has 1 saturated heterocycles. The van der Waals surface area contributed by atoms with Gasteiger partial charge in [-0.25, -0.2) is 8.42 Å². The summed E-state index contributed by atoms with van der Waals surface area (Å²) in [6.45, 7) is -0.132. The van der Waals surface area contributed by atoms with Crippen LogP contribution in [0.1, 0.15) is 22.9 Å². The van der Waals surface area contributed by atoms with Crippen LogP contribution in [0.4, 0.5) is 13.2 Å². The lowest BCUT2D eigenvalue weighted by Gasteiger charge is -2.26. The number of benzene rings is 1. The molecular formula is C17H19F3N2O4S. The Morgan fingerprint density at radius 2 is 2.00 bits per heavy atom. The normalized spacial score (nSPS) is 21.9. The molecule has 2 aromatic rings. The summed E-state index contributed by atoms with van der Waals surface area (Å²) >= 11 is 0. The molecule has 6 nitrogen and oxygen atoms in total. The van der Waals surface area contributed by atoms with Crippen LogP contribution in [-0.2, 0) is 27.6 Å². The zero-order chi connectivity index (χ0) is 19.8. The van der Waals surface area contributed by atoms with Crippen molar-refractivity contribution in [2.24, 2.45) is 0 Å². The molecule has 0 bridgehead atoms. The highest BCUT2D eigenvalue weighted by atomic mass is 32.2. The van der Waals surface area contributed by atoms with Gasteiger partial charge in [0, 0.05) is 14.1 Å². The molecule has 2 heterocycles. The van der Waals surface area contributed by atoms with Crippen molar-refractivity contribution in [2.45, 2.75) is 24.0 Å². The molecular weight excluding hydrogens is 385 g/mol. The van der Waals surface area contributed by atoms with Crippen LogP contribution in [0.5, 0.6) is 0 Å².